The zero-order valence-corrected chi connectivity index (χ0v) is 13.3. The largest absolute Gasteiger partial charge is 0.481 e. The molecule has 1 saturated carbocycles. The number of rotatable bonds is 3. The quantitative estimate of drug-likeness (QED) is 0.852. The van der Waals surface area contributed by atoms with Crippen LogP contribution in [0.25, 0.3) is 0 Å². The summed E-state index contributed by atoms with van der Waals surface area (Å²) >= 11 is 0. The number of hydrogen-bond acceptors (Lipinski definition) is 4. The van der Waals surface area contributed by atoms with Gasteiger partial charge in [0.1, 0.15) is 0 Å². The lowest BCUT2D eigenvalue weighted by Gasteiger charge is -2.41. The van der Waals surface area contributed by atoms with E-state index in [4.69, 9.17) is 5.11 Å². The van der Waals surface area contributed by atoms with E-state index in [1.54, 1.807) is 0 Å². The zero-order valence-electron chi connectivity index (χ0n) is 12.5. The average Bonchev–Trinajstić information content (AvgIpc) is 2.50. The molecule has 2 fully saturated rings. The van der Waals surface area contributed by atoms with E-state index in [1.165, 1.54) is 0 Å². The zero-order chi connectivity index (χ0) is 15.1. The van der Waals surface area contributed by atoms with Crippen LogP contribution in [0, 0.1) is 11.3 Å². The molecule has 1 N–H and O–H groups in total. The molecule has 0 bridgehead atoms. The standard InChI is InChI=1S/C14H25NO4S/c1-10-7-14(2,3)8-12(10)15-4-5-20(18,19)9-11(15)6-13(16)17/h10-12H,4-9H2,1-3H3,(H,16,17). The fraction of sp³-hybridized carbons (Fsp3) is 0.929. The Morgan fingerprint density at radius 3 is 2.50 bits per heavy atom. The molecule has 3 atom stereocenters. The van der Waals surface area contributed by atoms with Gasteiger partial charge in [-0.25, -0.2) is 8.42 Å². The fourth-order valence-corrected chi connectivity index (χ4v) is 5.57. The van der Waals surface area contributed by atoms with Gasteiger partial charge in [0.15, 0.2) is 9.84 Å². The van der Waals surface area contributed by atoms with E-state index in [0.29, 0.717) is 18.5 Å². The van der Waals surface area contributed by atoms with Crippen molar-refractivity contribution in [3.63, 3.8) is 0 Å². The molecular formula is C14H25NO4S. The van der Waals surface area contributed by atoms with Gasteiger partial charge >= 0.3 is 5.97 Å². The minimum atomic E-state index is -3.09. The van der Waals surface area contributed by atoms with Crippen LogP contribution in [0.3, 0.4) is 0 Å². The van der Waals surface area contributed by atoms with E-state index in [9.17, 15) is 13.2 Å². The van der Waals surface area contributed by atoms with Crippen molar-refractivity contribution in [2.24, 2.45) is 11.3 Å². The summed E-state index contributed by atoms with van der Waals surface area (Å²) in [7, 11) is -3.09. The van der Waals surface area contributed by atoms with Crippen LogP contribution in [0.1, 0.15) is 40.0 Å². The van der Waals surface area contributed by atoms with Crippen LogP contribution in [0.5, 0.6) is 0 Å². The molecule has 0 spiro atoms. The predicted molar refractivity (Wildman–Crippen MR) is 77.4 cm³/mol. The van der Waals surface area contributed by atoms with Gasteiger partial charge in [-0.05, 0) is 24.2 Å². The highest BCUT2D eigenvalue weighted by Crippen LogP contribution is 2.44. The summed E-state index contributed by atoms with van der Waals surface area (Å²) < 4.78 is 23.6. The molecule has 1 aliphatic heterocycles. The van der Waals surface area contributed by atoms with Gasteiger partial charge in [0.2, 0.25) is 0 Å². The third kappa shape index (κ3) is 3.52. The highest BCUT2D eigenvalue weighted by Gasteiger charge is 2.44. The summed E-state index contributed by atoms with van der Waals surface area (Å²) in [6, 6.07) is -0.0579. The molecule has 3 unspecified atom stereocenters. The highest BCUT2D eigenvalue weighted by molar-refractivity contribution is 7.91. The number of carboxylic acid groups (broad SMARTS) is 1. The summed E-state index contributed by atoms with van der Waals surface area (Å²) in [5.41, 5.74) is 0.258. The van der Waals surface area contributed by atoms with Crippen molar-refractivity contribution < 1.29 is 18.3 Å². The van der Waals surface area contributed by atoms with Gasteiger partial charge in [0.05, 0.1) is 17.9 Å². The Hall–Kier alpha value is -0.620. The first-order valence-corrected chi connectivity index (χ1v) is 9.10. The topological polar surface area (TPSA) is 74.7 Å². The molecule has 0 aromatic rings. The van der Waals surface area contributed by atoms with Crippen molar-refractivity contribution in [2.75, 3.05) is 18.1 Å². The molecule has 2 rings (SSSR count). The van der Waals surface area contributed by atoms with Gasteiger partial charge in [-0.1, -0.05) is 20.8 Å². The van der Waals surface area contributed by atoms with Gasteiger partial charge in [0.25, 0.3) is 0 Å². The van der Waals surface area contributed by atoms with E-state index in [1.807, 2.05) is 0 Å². The molecule has 0 aromatic heterocycles. The van der Waals surface area contributed by atoms with Crippen molar-refractivity contribution in [3.8, 4) is 0 Å². The number of hydrogen-bond donors (Lipinski definition) is 1. The number of nitrogens with zero attached hydrogens (tertiary/aromatic N) is 1. The van der Waals surface area contributed by atoms with E-state index in [-0.39, 0.29) is 29.4 Å². The molecule has 1 saturated heterocycles. The lowest BCUT2D eigenvalue weighted by atomic mass is 9.91. The second kappa shape index (κ2) is 5.30. The second-order valence-electron chi connectivity index (χ2n) is 7.22. The number of aliphatic carboxylic acids is 1. The van der Waals surface area contributed by atoms with Crippen LogP contribution >= 0.6 is 0 Å². The molecular weight excluding hydrogens is 278 g/mol. The fourth-order valence-electron chi connectivity index (χ4n) is 4.02. The minimum absolute atomic E-state index is 0.0110. The number of carbonyl (C=O) groups is 1. The summed E-state index contributed by atoms with van der Waals surface area (Å²) in [5.74, 6) is -0.278. The van der Waals surface area contributed by atoms with Gasteiger partial charge in [-0.15, -0.1) is 0 Å². The molecule has 116 valence electrons. The molecule has 20 heavy (non-hydrogen) atoms. The molecule has 0 aromatic carbocycles. The summed E-state index contributed by atoms with van der Waals surface area (Å²) in [5, 5.41) is 9.04. The minimum Gasteiger partial charge on any atom is -0.481 e. The smallest absolute Gasteiger partial charge is 0.304 e. The second-order valence-corrected chi connectivity index (χ2v) is 9.45. The van der Waals surface area contributed by atoms with Crippen LogP contribution in [-0.4, -0.2) is 54.5 Å². The Morgan fingerprint density at radius 1 is 1.35 bits per heavy atom. The third-order valence-electron chi connectivity index (χ3n) is 4.71. The van der Waals surface area contributed by atoms with Crippen LogP contribution in [0.2, 0.25) is 0 Å². The predicted octanol–water partition coefficient (Wildman–Crippen LogP) is 1.38. The first-order valence-electron chi connectivity index (χ1n) is 7.28. The number of carboxylic acids is 1. The van der Waals surface area contributed by atoms with E-state index >= 15 is 0 Å². The van der Waals surface area contributed by atoms with E-state index < -0.39 is 15.8 Å². The molecule has 1 aliphatic carbocycles. The van der Waals surface area contributed by atoms with E-state index in [2.05, 4.69) is 25.7 Å². The monoisotopic (exact) mass is 303 g/mol. The van der Waals surface area contributed by atoms with Crippen molar-refractivity contribution in [2.45, 2.75) is 52.1 Å². The Morgan fingerprint density at radius 2 is 2.00 bits per heavy atom. The van der Waals surface area contributed by atoms with Crippen molar-refractivity contribution >= 4 is 15.8 Å². The first-order chi connectivity index (χ1) is 9.10. The molecule has 6 heteroatoms. The van der Waals surface area contributed by atoms with Gasteiger partial charge < -0.3 is 5.11 Å². The van der Waals surface area contributed by atoms with Crippen LogP contribution in [0.15, 0.2) is 0 Å². The molecule has 5 nitrogen and oxygen atoms in total. The van der Waals surface area contributed by atoms with Crippen molar-refractivity contribution in [3.05, 3.63) is 0 Å². The number of sulfone groups is 1. The maximum absolute atomic E-state index is 11.8. The lowest BCUT2D eigenvalue weighted by molar-refractivity contribution is -0.138. The SMILES string of the molecule is CC1CC(C)(C)CC1N1CCS(=O)(=O)CC1CC(=O)O. The van der Waals surface area contributed by atoms with Gasteiger partial charge in [-0.2, -0.15) is 0 Å². The summed E-state index contributed by atoms with van der Waals surface area (Å²) in [6.07, 6.45) is 2.05. The first kappa shape index (κ1) is 15.8. The van der Waals surface area contributed by atoms with E-state index in [0.717, 1.165) is 12.8 Å². The van der Waals surface area contributed by atoms with Gasteiger partial charge in [0, 0.05) is 18.6 Å². The highest BCUT2D eigenvalue weighted by atomic mass is 32.2. The Bertz CT molecular complexity index is 485. The summed E-state index contributed by atoms with van der Waals surface area (Å²) in [6.45, 7) is 7.14. The molecule has 1 heterocycles. The molecule has 0 amide bonds. The average molecular weight is 303 g/mol. The van der Waals surface area contributed by atoms with Crippen LogP contribution in [-0.2, 0) is 14.6 Å². The van der Waals surface area contributed by atoms with Crippen molar-refractivity contribution in [1.82, 2.24) is 4.90 Å². The van der Waals surface area contributed by atoms with Crippen LogP contribution < -0.4 is 0 Å². The third-order valence-corrected chi connectivity index (χ3v) is 6.40. The Kier molecular flexibility index (Phi) is 4.17. The molecule has 0 radical (unpaired) electrons. The van der Waals surface area contributed by atoms with Crippen molar-refractivity contribution in [1.29, 1.82) is 0 Å². The normalized spacial score (nSPS) is 36.9. The molecule has 2 aliphatic rings. The Balaban J connectivity index is 2.18. The lowest BCUT2D eigenvalue weighted by Crippen LogP contribution is -2.54. The maximum atomic E-state index is 11.8. The van der Waals surface area contributed by atoms with Crippen LogP contribution in [0.4, 0.5) is 0 Å². The summed E-state index contributed by atoms with van der Waals surface area (Å²) in [4.78, 5) is 13.2. The Labute approximate surface area is 121 Å². The van der Waals surface area contributed by atoms with Gasteiger partial charge in [-0.3, -0.25) is 9.69 Å². The maximum Gasteiger partial charge on any atom is 0.304 e.